The van der Waals surface area contributed by atoms with E-state index in [2.05, 4.69) is 37.6 Å². The molecule has 1 aromatic rings. The summed E-state index contributed by atoms with van der Waals surface area (Å²) in [5.74, 6) is 0.789. The number of aliphatic hydroxyl groups excluding tert-OH is 1. The van der Waals surface area contributed by atoms with E-state index < -0.39 is 0 Å². The normalized spacial score (nSPS) is 20.9. The smallest absolute Gasteiger partial charge is 0.158 e. The zero-order valence-electron chi connectivity index (χ0n) is 20.2. The fraction of sp³-hybridized carbons (Fsp3) is 0.621. The van der Waals surface area contributed by atoms with Crippen molar-refractivity contribution in [2.45, 2.75) is 97.0 Å². The summed E-state index contributed by atoms with van der Waals surface area (Å²) >= 11 is 0. The summed E-state index contributed by atoms with van der Waals surface area (Å²) in [6.45, 7) is 8.19. The van der Waals surface area contributed by atoms with Gasteiger partial charge >= 0.3 is 0 Å². The van der Waals surface area contributed by atoms with Gasteiger partial charge in [0.05, 0.1) is 6.10 Å². The summed E-state index contributed by atoms with van der Waals surface area (Å²) < 4.78 is 0. The van der Waals surface area contributed by atoms with Gasteiger partial charge in [-0.2, -0.15) is 0 Å². The Morgan fingerprint density at radius 1 is 1.31 bits per heavy atom. The van der Waals surface area contributed by atoms with Gasteiger partial charge in [0.2, 0.25) is 0 Å². The first kappa shape index (κ1) is 24.8. The molecule has 2 fully saturated rings. The highest BCUT2D eigenvalue weighted by Gasteiger charge is 2.50. The van der Waals surface area contributed by atoms with Crippen LogP contribution in [0, 0.1) is 24.2 Å². The molecular formula is C29H43NO2. The molecule has 0 spiro atoms. The second-order valence-corrected chi connectivity index (χ2v) is 10.2. The van der Waals surface area contributed by atoms with Crippen LogP contribution in [-0.4, -0.2) is 22.0 Å². The van der Waals surface area contributed by atoms with Crippen LogP contribution in [-0.2, 0) is 4.79 Å². The zero-order chi connectivity index (χ0) is 23.0. The van der Waals surface area contributed by atoms with Crippen LogP contribution >= 0.6 is 0 Å². The van der Waals surface area contributed by atoms with Crippen LogP contribution in [0.4, 0.5) is 0 Å². The monoisotopic (exact) mass is 437 g/mol. The second-order valence-electron chi connectivity index (χ2n) is 10.2. The van der Waals surface area contributed by atoms with Crippen LogP contribution < -0.4 is 0 Å². The Bertz CT molecular complexity index is 805. The number of aromatic nitrogens is 1. The lowest BCUT2D eigenvalue weighted by Gasteiger charge is -2.26. The summed E-state index contributed by atoms with van der Waals surface area (Å²) in [6, 6.07) is 2.14. The maximum absolute atomic E-state index is 13.2. The predicted molar refractivity (Wildman–Crippen MR) is 134 cm³/mol. The van der Waals surface area contributed by atoms with E-state index in [1.165, 1.54) is 36.1 Å². The molecule has 1 heterocycles. The minimum atomic E-state index is -0.296. The Balaban J connectivity index is 1.60. The summed E-state index contributed by atoms with van der Waals surface area (Å²) in [7, 11) is 0. The Kier molecular flexibility index (Phi) is 9.16. The van der Waals surface area contributed by atoms with Crippen LogP contribution in [0.15, 0.2) is 43.1 Å². The number of nitrogens with one attached hydrogen (secondary N) is 1. The molecule has 2 aliphatic carbocycles. The molecule has 0 radical (unpaired) electrons. The van der Waals surface area contributed by atoms with E-state index in [4.69, 9.17) is 0 Å². The third-order valence-corrected chi connectivity index (χ3v) is 7.92. The van der Waals surface area contributed by atoms with E-state index in [0.29, 0.717) is 12.3 Å². The van der Waals surface area contributed by atoms with E-state index in [1.807, 2.05) is 18.3 Å². The maximum Gasteiger partial charge on any atom is 0.158 e. The lowest BCUT2D eigenvalue weighted by atomic mass is 9.78. The molecule has 3 heteroatoms. The van der Waals surface area contributed by atoms with Gasteiger partial charge in [0.1, 0.15) is 0 Å². The molecule has 1 aromatic heterocycles. The van der Waals surface area contributed by atoms with E-state index in [-0.39, 0.29) is 23.2 Å². The van der Waals surface area contributed by atoms with Crippen LogP contribution in [0.2, 0.25) is 0 Å². The third kappa shape index (κ3) is 6.34. The van der Waals surface area contributed by atoms with Crippen molar-refractivity contribution in [1.82, 2.24) is 4.98 Å². The highest BCUT2D eigenvalue weighted by molar-refractivity contribution is 5.92. The molecule has 2 aliphatic rings. The fourth-order valence-corrected chi connectivity index (χ4v) is 5.76. The van der Waals surface area contributed by atoms with E-state index >= 15 is 0 Å². The van der Waals surface area contributed by atoms with Gasteiger partial charge in [-0.3, -0.25) is 4.79 Å². The average molecular weight is 438 g/mol. The van der Waals surface area contributed by atoms with Crippen molar-refractivity contribution >= 4 is 11.4 Å². The zero-order valence-corrected chi connectivity index (χ0v) is 20.2. The van der Waals surface area contributed by atoms with Crippen molar-refractivity contribution in [3.8, 4) is 0 Å². The molecule has 32 heavy (non-hydrogen) atoms. The number of H-pyrrole nitrogens is 1. The maximum atomic E-state index is 13.2. The highest BCUT2D eigenvalue weighted by Crippen LogP contribution is 2.58. The minimum Gasteiger partial charge on any atom is -0.393 e. The lowest BCUT2D eigenvalue weighted by Crippen LogP contribution is -2.25. The molecule has 2 atom stereocenters. The molecule has 0 aromatic carbocycles. The Morgan fingerprint density at radius 2 is 2.06 bits per heavy atom. The van der Waals surface area contributed by atoms with E-state index in [1.54, 1.807) is 6.08 Å². The molecule has 176 valence electrons. The number of ketones is 1. The van der Waals surface area contributed by atoms with Crippen molar-refractivity contribution in [1.29, 1.82) is 0 Å². The molecule has 3 nitrogen and oxygen atoms in total. The Labute approximate surface area is 195 Å². The molecule has 3 rings (SSSR count). The predicted octanol–water partition coefficient (Wildman–Crippen LogP) is 7.33. The number of aromatic amines is 1. The number of rotatable bonds is 13. The first-order valence-corrected chi connectivity index (χ1v) is 12.8. The SMILES string of the molecule is C=C/C=C(/CCC1([C@H](CCC)C(=O)/C=C/C[C@@H](O)C2CCCCC2)CC1)c1cc[nH]c1C. The van der Waals surface area contributed by atoms with Crippen LogP contribution in [0.3, 0.4) is 0 Å². The van der Waals surface area contributed by atoms with Gasteiger partial charge in [-0.15, -0.1) is 0 Å². The van der Waals surface area contributed by atoms with Crippen LogP contribution in [0.25, 0.3) is 5.57 Å². The molecule has 0 aliphatic heterocycles. The van der Waals surface area contributed by atoms with Crippen LogP contribution in [0.5, 0.6) is 0 Å². The number of carbonyl (C=O) groups excluding carboxylic acids is 1. The second kappa shape index (κ2) is 11.8. The molecule has 2 saturated carbocycles. The number of hydrogen-bond donors (Lipinski definition) is 2. The molecule has 0 unspecified atom stereocenters. The third-order valence-electron chi connectivity index (χ3n) is 7.92. The Hall–Kier alpha value is -1.87. The number of aryl methyl sites for hydroxylation is 1. The number of carbonyl (C=O) groups is 1. The standard InChI is InChI=1S/C29H43NO2/c1-4-10-23(25-17-21-30-22(25)3)16-18-29(19-20-29)26(11-5-2)28(32)15-9-14-27(31)24-12-7-6-8-13-24/h4,9-10,15,17,21,24,26-27,30-31H,1,5-8,11-14,16,18-20H2,2-3H3/b15-9+,23-10-/t26-,27-/m1/s1. The first-order valence-electron chi connectivity index (χ1n) is 12.8. The van der Waals surface area contributed by atoms with Gasteiger partial charge < -0.3 is 10.1 Å². The van der Waals surface area contributed by atoms with Crippen molar-refractivity contribution in [2.75, 3.05) is 0 Å². The first-order chi connectivity index (χ1) is 15.5. The Morgan fingerprint density at radius 3 is 2.66 bits per heavy atom. The minimum absolute atomic E-state index is 0.105. The quantitative estimate of drug-likeness (QED) is 0.251. The van der Waals surface area contributed by atoms with Gasteiger partial charge in [-0.1, -0.05) is 57.4 Å². The number of aliphatic hydroxyl groups is 1. The largest absolute Gasteiger partial charge is 0.393 e. The molecular weight excluding hydrogens is 394 g/mol. The highest BCUT2D eigenvalue weighted by atomic mass is 16.3. The average Bonchev–Trinajstić information content (AvgIpc) is 3.47. The van der Waals surface area contributed by atoms with E-state index in [0.717, 1.165) is 51.4 Å². The van der Waals surface area contributed by atoms with E-state index in [9.17, 15) is 9.90 Å². The van der Waals surface area contributed by atoms with Gasteiger partial charge in [-0.05, 0) is 92.9 Å². The summed E-state index contributed by atoms with van der Waals surface area (Å²) in [5.41, 5.74) is 3.89. The molecule has 0 bridgehead atoms. The topological polar surface area (TPSA) is 53.1 Å². The molecule has 2 N–H and O–H groups in total. The van der Waals surface area contributed by atoms with Crippen molar-refractivity contribution in [2.24, 2.45) is 17.3 Å². The summed E-state index contributed by atoms with van der Waals surface area (Å²) in [5, 5.41) is 10.5. The van der Waals surface area contributed by atoms with Crippen LogP contribution in [0.1, 0.15) is 95.2 Å². The fourth-order valence-electron chi connectivity index (χ4n) is 5.76. The van der Waals surface area contributed by atoms with Gasteiger partial charge in [0.15, 0.2) is 5.78 Å². The van der Waals surface area contributed by atoms with Gasteiger partial charge in [-0.25, -0.2) is 0 Å². The van der Waals surface area contributed by atoms with Crippen molar-refractivity contribution in [3.63, 3.8) is 0 Å². The van der Waals surface area contributed by atoms with Gasteiger partial charge in [0.25, 0.3) is 0 Å². The lowest BCUT2D eigenvalue weighted by molar-refractivity contribution is -0.120. The molecule has 0 saturated heterocycles. The number of hydrogen-bond acceptors (Lipinski definition) is 2. The molecule has 0 amide bonds. The van der Waals surface area contributed by atoms with Gasteiger partial charge in [0, 0.05) is 17.8 Å². The van der Waals surface area contributed by atoms with Crippen molar-refractivity contribution < 1.29 is 9.90 Å². The van der Waals surface area contributed by atoms with Crippen molar-refractivity contribution in [3.05, 3.63) is 54.4 Å². The summed E-state index contributed by atoms with van der Waals surface area (Å²) in [4.78, 5) is 16.5. The number of allylic oxidation sites excluding steroid dienone is 4. The summed E-state index contributed by atoms with van der Waals surface area (Å²) in [6.07, 6.45) is 22.4.